The lowest BCUT2D eigenvalue weighted by Gasteiger charge is -2.50. The molecule has 0 heterocycles. The third-order valence-electron chi connectivity index (χ3n) is 16.8. The third kappa shape index (κ3) is 5.44. The normalized spacial score (nSPS) is 38.4. The van der Waals surface area contributed by atoms with E-state index >= 15 is 0 Å². The van der Waals surface area contributed by atoms with Gasteiger partial charge in [-0.25, -0.2) is 0 Å². The molecular weight excluding hydrogens is 725 g/mol. The van der Waals surface area contributed by atoms with Gasteiger partial charge in [0.2, 0.25) is 0 Å². The predicted octanol–water partition coefficient (Wildman–Crippen LogP) is 13.6. The van der Waals surface area contributed by atoms with Gasteiger partial charge in [0, 0.05) is 46.2 Å². The molecule has 2 nitrogen and oxygen atoms in total. The second-order valence-electron chi connectivity index (χ2n) is 19.3. The standard InChI is InChI=1S/C58H58N2/c1-39-34-37-55(48-27-11-10-24-44(39)48)60(42-22-6-3-7-23-42)56-33-17-31-52-57(56)49-28-13-15-30-51(49)58(52)50-29-14-12-26-46(50)47-36-35-43(38-53(47)58)59(41-20-4-2-5-21-41)54-32-16-19-40-18-8-9-25-45(40)54/h2-10,12-18,20-26,28-33,35-36,39-40,43-44,46-47,49-53,57H,11,19,27,34,37-38H2,1H3. The van der Waals surface area contributed by atoms with Gasteiger partial charge in [-0.1, -0.05) is 159 Å². The summed E-state index contributed by atoms with van der Waals surface area (Å²) in [6, 6.07) is 23.0. The van der Waals surface area contributed by atoms with Crippen molar-refractivity contribution in [2.75, 3.05) is 9.80 Å². The zero-order valence-corrected chi connectivity index (χ0v) is 35.0. The van der Waals surface area contributed by atoms with Gasteiger partial charge < -0.3 is 9.80 Å². The van der Waals surface area contributed by atoms with E-state index in [0.29, 0.717) is 65.1 Å². The van der Waals surface area contributed by atoms with Gasteiger partial charge in [0.05, 0.1) is 6.04 Å². The monoisotopic (exact) mass is 782 g/mol. The van der Waals surface area contributed by atoms with Crippen LogP contribution in [-0.2, 0) is 0 Å². The highest BCUT2D eigenvalue weighted by atomic mass is 15.2. The lowest BCUT2D eigenvalue weighted by atomic mass is 9.56. The summed E-state index contributed by atoms with van der Waals surface area (Å²) < 4.78 is 0. The van der Waals surface area contributed by atoms with E-state index < -0.39 is 0 Å². The summed E-state index contributed by atoms with van der Waals surface area (Å²) >= 11 is 0. The van der Waals surface area contributed by atoms with Gasteiger partial charge in [0.25, 0.3) is 0 Å². The number of allylic oxidation sites excluding steroid dienone is 24. The minimum Gasteiger partial charge on any atom is -0.334 e. The fourth-order valence-electron chi connectivity index (χ4n) is 14.6. The second-order valence-corrected chi connectivity index (χ2v) is 19.3. The number of anilines is 2. The lowest BCUT2D eigenvalue weighted by Crippen LogP contribution is -2.47. The van der Waals surface area contributed by atoms with Crippen molar-refractivity contribution in [1.82, 2.24) is 0 Å². The molecule has 60 heavy (non-hydrogen) atoms. The molecule has 0 amide bonds. The summed E-state index contributed by atoms with van der Waals surface area (Å²) in [5.41, 5.74) is 10.3. The van der Waals surface area contributed by atoms with Crippen molar-refractivity contribution in [2.24, 2.45) is 70.5 Å². The summed E-state index contributed by atoms with van der Waals surface area (Å²) in [7, 11) is 0. The van der Waals surface area contributed by atoms with Crippen LogP contribution in [0.3, 0.4) is 0 Å². The molecule has 2 aromatic carbocycles. The molecule has 0 bridgehead atoms. The van der Waals surface area contributed by atoms with Crippen LogP contribution in [0, 0.1) is 70.5 Å². The molecule has 0 N–H and O–H groups in total. The zero-order valence-electron chi connectivity index (χ0n) is 35.0. The molecule has 12 rings (SSSR count). The number of para-hydroxylation sites is 2. The molecule has 2 saturated carbocycles. The summed E-state index contributed by atoms with van der Waals surface area (Å²) in [4.78, 5) is 5.53. The number of hydrogen-bond donors (Lipinski definition) is 0. The summed E-state index contributed by atoms with van der Waals surface area (Å²) in [5, 5.41) is 0. The van der Waals surface area contributed by atoms with Crippen molar-refractivity contribution >= 4 is 11.4 Å². The first-order chi connectivity index (χ1) is 29.7. The number of hydrogen-bond acceptors (Lipinski definition) is 2. The Balaban J connectivity index is 1.01. The van der Waals surface area contributed by atoms with Crippen molar-refractivity contribution in [1.29, 1.82) is 0 Å². The van der Waals surface area contributed by atoms with Crippen molar-refractivity contribution in [3.63, 3.8) is 0 Å². The maximum Gasteiger partial charge on any atom is 0.0525 e. The van der Waals surface area contributed by atoms with E-state index in [-0.39, 0.29) is 11.5 Å². The zero-order chi connectivity index (χ0) is 39.8. The van der Waals surface area contributed by atoms with Crippen molar-refractivity contribution < 1.29 is 0 Å². The molecule has 2 fully saturated rings. The van der Waals surface area contributed by atoms with Gasteiger partial charge in [-0.05, 0) is 139 Å². The van der Waals surface area contributed by atoms with Crippen molar-refractivity contribution in [2.45, 2.75) is 51.5 Å². The number of benzene rings is 2. The lowest BCUT2D eigenvalue weighted by molar-refractivity contribution is 0.0555. The largest absolute Gasteiger partial charge is 0.334 e. The maximum atomic E-state index is 2.81. The highest BCUT2D eigenvalue weighted by Gasteiger charge is 2.71. The van der Waals surface area contributed by atoms with Crippen LogP contribution in [0.15, 0.2) is 216 Å². The van der Waals surface area contributed by atoms with Gasteiger partial charge in [-0.15, -0.1) is 0 Å². The highest BCUT2D eigenvalue weighted by molar-refractivity contribution is 5.64. The number of fused-ring (bicyclic) bond motifs is 12. The fourth-order valence-corrected chi connectivity index (χ4v) is 14.6. The Morgan fingerprint density at radius 2 is 1.35 bits per heavy atom. The van der Waals surface area contributed by atoms with Crippen molar-refractivity contribution in [3.8, 4) is 0 Å². The quantitative estimate of drug-likeness (QED) is 0.269. The Labute approximate surface area is 358 Å². The number of nitrogens with zero attached hydrogens (tertiary/aromatic N) is 2. The van der Waals surface area contributed by atoms with Crippen LogP contribution in [0.1, 0.15) is 45.4 Å². The molecule has 0 saturated heterocycles. The Morgan fingerprint density at radius 3 is 2.18 bits per heavy atom. The van der Waals surface area contributed by atoms with E-state index in [1.54, 1.807) is 11.3 Å². The molecule has 300 valence electrons. The predicted molar refractivity (Wildman–Crippen MR) is 249 cm³/mol. The molecule has 0 aliphatic heterocycles. The number of rotatable bonds is 6. The minimum absolute atomic E-state index is 0.0577. The summed E-state index contributed by atoms with van der Waals surface area (Å²) in [6.07, 6.45) is 59.3. The molecule has 2 heteroatoms. The van der Waals surface area contributed by atoms with E-state index in [0.717, 1.165) is 25.7 Å². The molecular formula is C58H58N2. The average molecular weight is 783 g/mol. The van der Waals surface area contributed by atoms with Crippen LogP contribution < -0.4 is 9.80 Å². The van der Waals surface area contributed by atoms with E-state index in [9.17, 15) is 0 Å². The fraction of sp³-hybridized carbons (Fsp3) is 0.345. The smallest absolute Gasteiger partial charge is 0.0525 e. The van der Waals surface area contributed by atoms with Crippen LogP contribution in [-0.4, -0.2) is 6.04 Å². The van der Waals surface area contributed by atoms with Gasteiger partial charge in [-0.3, -0.25) is 0 Å². The molecule has 10 aliphatic rings. The molecule has 0 aromatic heterocycles. The molecule has 2 aromatic rings. The van der Waals surface area contributed by atoms with E-state index in [4.69, 9.17) is 0 Å². The Morgan fingerprint density at radius 1 is 0.617 bits per heavy atom. The molecule has 13 atom stereocenters. The topological polar surface area (TPSA) is 6.48 Å². The van der Waals surface area contributed by atoms with Gasteiger partial charge in [-0.2, -0.15) is 0 Å². The SMILES string of the molecule is CC1CCC(N(C2=CC=CC3C2C2C=CC=CC2C32C3C=CC=CC3C3C=CC(N(C4=C5C=CC=CC5CC=C4)c4ccccc4)CC32)c2ccccc2)=C2CCC=CC21. The first kappa shape index (κ1) is 36.5. The van der Waals surface area contributed by atoms with E-state index in [1.165, 1.54) is 41.2 Å². The average Bonchev–Trinajstić information content (AvgIpc) is 3.78. The van der Waals surface area contributed by atoms with Crippen LogP contribution >= 0.6 is 0 Å². The second kappa shape index (κ2) is 14.7. The van der Waals surface area contributed by atoms with Crippen LogP contribution in [0.2, 0.25) is 0 Å². The van der Waals surface area contributed by atoms with Gasteiger partial charge in [0.1, 0.15) is 0 Å². The maximum absolute atomic E-state index is 2.81. The Kier molecular flexibility index (Phi) is 8.94. The summed E-state index contributed by atoms with van der Waals surface area (Å²) in [5.74, 6) is 5.31. The van der Waals surface area contributed by atoms with Gasteiger partial charge >= 0.3 is 0 Å². The van der Waals surface area contributed by atoms with Gasteiger partial charge in [0.15, 0.2) is 0 Å². The van der Waals surface area contributed by atoms with Crippen molar-refractivity contribution in [3.05, 3.63) is 216 Å². The van der Waals surface area contributed by atoms with Crippen LogP contribution in [0.5, 0.6) is 0 Å². The molecule has 0 radical (unpaired) electrons. The highest BCUT2D eigenvalue weighted by Crippen LogP contribution is 2.75. The van der Waals surface area contributed by atoms with E-state index in [1.807, 2.05) is 0 Å². The third-order valence-corrected chi connectivity index (χ3v) is 16.8. The Bertz CT molecular complexity index is 2440. The van der Waals surface area contributed by atoms with Crippen LogP contribution in [0.25, 0.3) is 0 Å². The molecule has 13 unspecified atom stereocenters. The van der Waals surface area contributed by atoms with E-state index in [2.05, 4.69) is 205 Å². The molecule has 10 aliphatic carbocycles. The molecule has 1 spiro atoms. The first-order valence-electron chi connectivity index (χ1n) is 23.3. The summed E-state index contributed by atoms with van der Waals surface area (Å²) in [6.45, 7) is 2.49. The van der Waals surface area contributed by atoms with Crippen LogP contribution in [0.4, 0.5) is 11.4 Å². The first-order valence-corrected chi connectivity index (χ1v) is 23.3. The minimum atomic E-state index is 0.0577. The Hall–Kier alpha value is -5.34.